The number of anilines is 1. The Morgan fingerprint density at radius 3 is 2.56 bits per heavy atom. The summed E-state index contributed by atoms with van der Waals surface area (Å²) in [7, 11) is -3.35. The van der Waals surface area contributed by atoms with Crippen molar-refractivity contribution in [2.24, 2.45) is 0 Å². The first-order valence-corrected chi connectivity index (χ1v) is 10.5. The lowest BCUT2D eigenvalue weighted by Crippen LogP contribution is -2.36. The number of amides is 1. The molecule has 0 unspecified atom stereocenters. The summed E-state index contributed by atoms with van der Waals surface area (Å²) in [6, 6.07) is 10.6. The summed E-state index contributed by atoms with van der Waals surface area (Å²) < 4.78 is 39.2. The second kappa shape index (κ2) is 7.31. The summed E-state index contributed by atoms with van der Waals surface area (Å²) in [5.41, 5.74) is 2.78. The first kappa shape index (κ1) is 19.4. The maximum Gasteiger partial charge on any atom is 0.251 e. The van der Waals surface area contributed by atoms with Gasteiger partial charge in [0.2, 0.25) is 10.0 Å². The monoisotopic (exact) mass is 390 g/mol. The largest absolute Gasteiger partial charge is 0.346 e. The van der Waals surface area contributed by atoms with Crippen molar-refractivity contribution in [2.45, 2.75) is 39.3 Å². The predicted octanol–water partition coefficient (Wildman–Crippen LogP) is 3.42. The smallest absolute Gasteiger partial charge is 0.251 e. The molecule has 5 nitrogen and oxygen atoms in total. The molecule has 0 saturated carbocycles. The van der Waals surface area contributed by atoms with Gasteiger partial charge in [-0.3, -0.25) is 9.10 Å². The van der Waals surface area contributed by atoms with E-state index in [0.29, 0.717) is 17.7 Å². The van der Waals surface area contributed by atoms with Gasteiger partial charge in [-0.05, 0) is 68.7 Å². The molecule has 0 aromatic heterocycles. The van der Waals surface area contributed by atoms with Crippen molar-refractivity contribution in [1.82, 2.24) is 5.32 Å². The van der Waals surface area contributed by atoms with Crippen LogP contribution < -0.4 is 9.62 Å². The van der Waals surface area contributed by atoms with Crippen LogP contribution in [0.4, 0.5) is 10.1 Å². The fourth-order valence-corrected chi connectivity index (χ4v) is 4.80. The zero-order valence-corrected chi connectivity index (χ0v) is 16.4. The first-order valence-electron chi connectivity index (χ1n) is 8.94. The van der Waals surface area contributed by atoms with Gasteiger partial charge in [0.1, 0.15) is 5.82 Å². The van der Waals surface area contributed by atoms with Gasteiger partial charge in [0, 0.05) is 11.6 Å². The Morgan fingerprint density at radius 1 is 1.26 bits per heavy atom. The molecule has 0 fully saturated rings. The van der Waals surface area contributed by atoms with Crippen molar-refractivity contribution in [1.29, 1.82) is 0 Å². The predicted molar refractivity (Wildman–Crippen MR) is 104 cm³/mol. The van der Waals surface area contributed by atoms with Crippen LogP contribution >= 0.6 is 0 Å². The summed E-state index contributed by atoms with van der Waals surface area (Å²) in [6.07, 6.45) is 0.573. The maximum atomic E-state index is 13.0. The Hall–Kier alpha value is -2.41. The minimum absolute atomic E-state index is 0.0359. The Labute approximate surface area is 159 Å². The topological polar surface area (TPSA) is 66.5 Å². The Bertz CT molecular complexity index is 958. The molecule has 0 spiro atoms. The van der Waals surface area contributed by atoms with E-state index in [1.54, 1.807) is 37.3 Å². The van der Waals surface area contributed by atoms with Crippen molar-refractivity contribution in [2.75, 3.05) is 10.1 Å². The Balaban J connectivity index is 1.80. The molecule has 2 aromatic carbocycles. The van der Waals surface area contributed by atoms with Crippen LogP contribution in [0.25, 0.3) is 0 Å². The quantitative estimate of drug-likeness (QED) is 0.851. The lowest BCUT2D eigenvalue weighted by atomic mass is 10.0. The number of sulfonamides is 1. The Kier molecular flexibility index (Phi) is 5.24. The van der Waals surface area contributed by atoms with Crippen LogP contribution in [0.15, 0.2) is 42.5 Å². The molecule has 0 bridgehead atoms. The van der Waals surface area contributed by atoms with E-state index in [-0.39, 0.29) is 29.6 Å². The van der Waals surface area contributed by atoms with E-state index in [1.165, 1.54) is 16.4 Å². The molecule has 27 heavy (non-hydrogen) atoms. The van der Waals surface area contributed by atoms with Crippen molar-refractivity contribution in [3.05, 3.63) is 65.0 Å². The third kappa shape index (κ3) is 3.83. The average Bonchev–Trinajstić information content (AvgIpc) is 2.97. The minimum atomic E-state index is -3.35. The number of nitrogens with one attached hydrogen (secondary N) is 1. The van der Waals surface area contributed by atoms with E-state index in [4.69, 9.17) is 0 Å². The molecule has 1 aliphatic heterocycles. The van der Waals surface area contributed by atoms with Gasteiger partial charge in [0.15, 0.2) is 0 Å². The molecule has 2 aromatic rings. The van der Waals surface area contributed by atoms with E-state index in [2.05, 4.69) is 5.32 Å². The van der Waals surface area contributed by atoms with E-state index < -0.39 is 10.0 Å². The molecule has 1 heterocycles. The number of fused-ring (bicyclic) bond motifs is 1. The SMILES string of the molecule is CCS(=O)(=O)N1c2ccc(C(=O)N[C@@H](C)c3ccc(F)cc3)cc2C[C@@H]1C. The summed E-state index contributed by atoms with van der Waals surface area (Å²) in [5.74, 6) is -0.538. The van der Waals surface area contributed by atoms with E-state index >= 15 is 0 Å². The zero-order valence-electron chi connectivity index (χ0n) is 15.6. The van der Waals surface area contributed by atoms with Gasteiger partial charge < -0.3 is 5.32 Å². The Morgan fingerprint density at radius 2 is 1.93 bits per heavy atom. The number of carbonyl (C=O) groups excluding carboxylic acids is 1. The molecule has 144 valence electrons. The van der Waals surface area contributed by atoms with Crippen LogP contribution in [0.5, 0.6) is 0 Å². The normalized spacial score (nSPS) is 17.5. The van der Waals surface area contributed by atoms with Gasteiger partial charge in [-0.25, -0.2) is 12.8 Å². The van der Waals surface area contributed by atoms with Gasteiger partial charge in [-0.15, -0.1) is 0 Å². The van der Waals surface area contributed by atoms with Crippen molar-refractivity contribution in [3.8, 4) is 0 Å². The van der Waals surface area contributed by atoms with Crippen molar-refractivity contribution in [3.63, 3.8) is 0 Å². The number of rotatable bonds is 5. The second-order valence-corrected chi connectivity index (χ2v) is 8.97. The highest BCUT2D eigenvalue weighted by molar-refractivity contribution is 7.92. The van der Waals surface area contributed by atoms with Gasteiger partial charge in [0.05, 0.1) is 17.5 Å². The number of hydrogen-bond donors (Lipinski definition) is 1. The van der Waals surface area contributed by atoms with Crippen LogP contribution in [-0.4, -0.2) is 26.1 Å². The zero-order chi connectivity index (χ0) is 19.8. The summed E-state index contributed by atoms with van der Waals surface area (Å²) in [5, 5.41) is 2.89. The number of benzene rings is 2. The van der Waals surface area contributed by atoms with Crippen LogP contribution in [0.1, 0.15) is 48.3 Å². The van der Waals surface area contributed by atoms with Crippen LogP contribution in [0.3, 0.4) is 0 Å². The number of hydrogen-bond acceptors (Lipinski definition) is 3. The fourth-order valence-electron chi connectivity index (χ4n) is 3.42. The first-order chi connectivity index (χ1) is 12.7. The molecule has 1 amide bonds. The van der Waals surface area contributed by atoms with Crippen molar-refractivity contribution < 1.29 is 17.6 Å². The minimum Gasteiger partial charge on any atom is -0.346 e. The highest BCUT2D eigenvalue weighted by Gasteiger charge is 2.34. The number of halogens is 1. The average molecular weight is 390 g/mol. The molecule has 2 atom stereocenters. The van der Waals surface area contributed by atoms with Crippen LogP contribution in [0, 0.1) is 5.82 Å². The number of nitrogens with zero attached hydrogens (tertiary/aromatic N) is 1. The maximum absolute atomic E-state index is 13.0. The standard InChI is InChI=1S/C20H23FN2O3S/c1-4-27(25,26)23-13(2)11-17-12-16(7-10-19(17)23)20(24)22-14(3)15-5-8-18(21)9-6-15/h5-10,12-14H,4,11H2,1-3H3,(H,22,24)/t13-,14-/m0/s1. The van der Waals surface area contributed by atoms with Gasteiger partial charge >= 0.3 is 0 Å². The lowest BCUT2D eigenvalue weighted by Gasteiger charge is -2.23. The molecule has 0 saturated heterocycles. The number of carbonyl (C=O) groups is 1. The summed E-state index contributed by atoms with van der Waals surface area (Å²) in [4.78, 5) is 12.6. The second-order valence-electron chi connectivity index (χ2n) is 6.84. The molecule has 3 rings (SSSR count). The van der Waals surface area contributed by atoms with Gasteiger partial charge in [-0.1, -0.05) is 12.1 Å². The van der Waals surface area contributed by atoms with E-state index in [9.17, 15) is 17.6 Å². The molecule has 0 aliphatic carbocycles. The van der Waals surface area contributed by atoms with Crippen LogP contribution in [-0.2, 0) is 16.4 Å². The molecule has 1 N–H and O–H groups in total. The third-order valence-corrected chi connectivity index (χ3v) is 6.76. The van der Waals surface area contributed by atoms with Gasteiger partial charge in [0.25, 0.3) is 5.91 Å². The van der Waals surface area contributed by atoms with Crippen LogP contribution in [0.2, 0.25) is 0 Å². The summed E-state index contributed by atoms with van der Waals surface area (Å²) in [6.45, 7) is 5.32. The lowest BCUT2D eigenvalue weighted by molar-refractivity contribution is 0.0940. The highest BCUT2D eigenvalue weighted by Crippen LogP contribution is 2.35. The molecule has 7 heteroatoms. The van der Waals surface area contributed by atoms with E-state index in [1.807, 2.05) is 13.8 Å². The molecular formula is C20H23FN2O3S. The van der Waals surface area contributed by atoms with Crippen molar-refractivity contribution >= 4 is 21.6 Å². The molecule has 0 radical (unpaired) electrons. The third-order valence-electron chi connectivity index (χ3n) is 4.88. The fraction of sp³-hybridized carbons (Fsp3) is 0.350. The summed E-state index contributed by atoms with van der Waals surface area (Å²) >= 11 is 0. The molecular weight excluding hydrogens is 367 g/mol. The highest BCUT2D eigenvalue weighted by atomic mass is 32.2. The molecule has 1 aliphatic rings. The van der Waals surface area contributed by atoms with E-state index in [0.717, 1.165) is 11.1 Å². The van der Waals surface area contributed by atoms with Gasteiger partial charge in [-0.2, -0.15) is 0 Å².